The van der Waals surface area contributed by atoms with Crippen LogP contribution in [0.3, 0.4) is 0 Å². The molecule has 3 aromatic rings. The summed E-state index contributed by atoms with van der Waals surface area (Å²) in [5.74, 6) is -0.831. The maximum Gasteiger partial charge on any atom is 0.278 e. The Hall–Kier alpha value is -3.15. The highest BCUT2D eigenvalue weighted by Gasteiger charge is 2.40. The average molecular weight is 452 g/mol. The Morgan fingerprint density at radius 3 is 2.42 bits per heavy atom. The van der Waals surface area contributed by atoms with Gasteiger partial charge in [-0.3, -0.25) is 19.5 Å². The van der Waals surface area contributed by atoms with Crippen LogP contribution < -0.4 is 5.32 Å². The van der Waals surface area contributed by atoms with E-state index in [0.29, 0.717) is 15.6 Å². The van der Waals surface area contributed by atoms with Crippen molar-refractivity contribution in [2.45, 2.75) is 20.4 Å². The number of amides is 2. The molecule has 4 rings (SSSR count). The lowest BCUT2D eigenvalue weighted by molar-refractivity contribution is -0.137. The summed E-state index contributed by atoms with van der Waals surface area (Å²) in [4.78, 5) is 32.0. The molecule has 0 radical (unpaired) electrons. The molecule has 0 saturated heterocycles. The number of nitrogens with zero attached hydrogens (tertiary/aromatic N) is 2. The highest BCUT2D eigenvalue weighted by molar-refractivity contribution is 6.41. The second-order valence-electron chi connectivity index (χ2n) is 7.30. The Kier molecular flexibility index (Phi) is 5.81. The molecule has 2 amide bonds. The molecule has 0 fully saturated rings. The van der Waals surface area contributed by atoms with Gasteiger partial charge < -0.3 is 5.32 Å². The Morgan fingerprint density at radius 1 is 0.968 bits per heavy atom. The third-order valence-corrected chi connectivity index (χ3v) is 5.87. The van der Waals surface area contributed by atoms with Gasteiger partial charge in [0.2, 0.25) is 0 Å². The van der Waals surface area contributed by atoms with E-state index in [9.17, 15) is 9.59 Å². The predicted molar refractivity (Wildman–Crippen MR) is 123 cm³/mol. The average Bonchev–Trinajstić information content (AvgIpc) is 2.97. The molecule has 0 spiro atoms. The summed E-state index contributed by atoms with van der Waals surface area (Å²) < 4.78 is 0. The number of carbonyl (C=O) groups is 2. The standard InChI is InChI=1S/C24H19Cl2N3O2/c1-14-4-3-5-20(15(14)2)28-22-21(18-7-6-17(25)12-19(18)26)23(30)29(24(22)31)13-16-8-10-27-11-9-16/h3-12,28H,13H2,1-2H3. The van der Waals surface area contributed by atoms with Crippen LogP contribution in [0.15, 0.2) is 66.6 Å². The Labute approximate surface area is 190 Å². The second-order valence-corrected chi connectivity index (χ2v) is 8.14. The number of imide groups is 1. The number of rotatable bonds is 5. The number of aryl methyl sites for hydroxylation is 1. The van der Waals surface area contributed by atoms with E-state index >= 15 is 0 Å². The van der Waals surface area contributed by atoms with Crippen molar-refractivity contribution in [3.63, 3.8) is 0 Å². The van der Waals surface area contributed by atoms with Crippen molar-refractivity contribution >= 4 is 46.3 Å². The van der Waals surface area contributed by atoms with Gasteiger partial charge in [0.05, 0.1) is 17.1 Å². The molecule has 2 heterocycles. The normalized spacial score (nSPS) is 13.9. The van der Waals surface area contributed by atoms with Gasteiger partial charge in [0.15, 0.2) is 0 Å². The summed E-state index contributed by atoms with van der Waals surface area (Å²) in [5.41, 5.74) is 4.48. The molecule has 0 saturated carbocycles. The van der Waals surface area contributed by atoms with Gasteiger partial charge in [0.25, 0.3) is 11.8 Å². The summed E-state index contributed by atoms with van der Waals surface area (Å²) >= 11 is 12.5. The molecule has 1 aliphatic rings. The number of hydrogen-bond acceptors (Lipinski definition) is 4. The molecule has 0 unspecified atom stereocenters. The van der Waals surface area contributed by atoms with Crippen LogP contribution in [-0.2, 0) is 16.1 Å². The van der Waals surface area contributed by atoms with E-state index in [-0.39, 0.29) is 17.8 Å². The second kappa shape index (κ2) is 8.53. The minimum absolute atomic E-state index is 0.132. The van der Waals surface area contributed by atoms with Gasteiger partial charge in [-0.15, -0.1) is 0 Å². The quantitative estimate of drug-likeness (QED) is 0.527. The van der Waals surface area contributed by atoms with Gasteiger partial charge in [-0.25, -0.2) is 0 Å². The molecule has 0 atom stereocenters. The van der Waals surface area contributed by atoms with Gasteiger partial charge in [-0.2, -0.15) is 0 Å². The molecule has 1 aromatic heterocycles. The maximum absolute atomic E-state index is 13.4. The molecule has 7 heteroatoms. The lowest BCUT2D eigenvalue weighted by atomic mass is 10.0. The third-order valence-electron chi connectivity index (χ3n) is 5.32. The zero-order valence-corrected chi connectivity index (χ0v) is 18.5. The molecular formula is C24H19Cl2N3O2. The van der Waals surface area contributed by atoms with Crippen LogP contribution in [0.25, 0.3) is 5.57 Å². The molecule has 156 valence electrons. The zero-order valence-electron chi connectivity index (χ0n) is 16.9. The molecule has 0 aliphatic carbocycles. The smallest absolute Gasteiger partial charge is 0.278 e. The van der Waals surface area contributed by atoms with Crippen molar-refractivity contribution < 1.29 is 9.59 Å². The van der Waals surface area contributed by atoms with Crippen LogP contribution in [0.2, 0.25) is 10.0 Å². The van der Waals surface area contributed by atoms with Crippen molar-refractivity contribution in [1.29, 1.82) is 0 Å². The van der Waals surface area contributed by atoms with Gasteiger partial charge in [-0.1, -0.05) is 41.4 Å². The van der Waals surface area contributed by atoms with E-state index in [4.69, 9.17) is 23.2 Å². The van der Waals surface area contributed by atoms with Crippen molar-refractivity contribution in [3.8, 4) is 0 Å². The summed E-state index contributed by atoms with van der Waals surface area (Å²) in [5, 5.41) is 3.95. The highest BCUT2D eigenvalue weighted by atomic mass is 35.5. The molecule has 1 N–H and O–H groups in total. The molecule has 31 heavy (non-hydrogen) atoms. The first kappa shape index (κ1) is 21.1. The van der Waals surface area contributed by atoms with Crippen molar-refractivity contribution in [2.24, 2.45) is 0 Å². The maximum atomic E-state index is 13.4. The predicted octanol–water partition coefficient (Wildman–Crippen LogP) is 5.40. The highest BCUT2D eigenvalue weighted by Crippen LogP contribution is 2.36. The van der Waals surface area contributed by atoms with E-state index in [1.165, 1.54) is 4.90 Å². The lowest BCUT2D eigenvalue weighted by Gasteiger charge is -2.16. The van der Waals surface area contributed by atoms with E-state index in [0.717, 1.165) is 22.4 Å². The van der Waals surface area contributed by atoms with Crippen LogP contribution in [0, 0.1) is 13.8 Å². The van der Waals surface area contributed by atoms with E-state index < -0.39 is 11.8 Å². The first-order valence-corrected chi connectivity index (χ1v) is 10.4. The largest absolute Gasteiger partial charge is 0.350 e. The van der Waals surface area contributed by atoms with E-state index in [1.54, 1.807) is 42.7 Å². The number of nitrogens with one attached hydrogen (secondary N) is 1. The fraction of sp³-hybridized carbons (Fsp3) is 0.125. The fourth-order valence-electron chi connectivity index (χ4n) is 3.47. The van der Waals surface area contributed by atoms with E-state index in [2.05, 4.69) is 10.3 Å². The van der Waals surface area contributed by atoms with Crippen LogP contribution in [0.4, 0.5) is 5.69 Å². The first-order chi connectivity index (χ1) is 14.9. The lowest BCUT2D eigenvalue weighted by Crippen LogP contribution is -2.32. The Morgan fingerprint density at radius 2 is 1.71 bits per heavy atom. The fourth-order valence-corrected chi connectivity index (χ4v) is 3.97. The number of anilines is 1. The zero-order chi connectivity index (χ0) is 22.1. The molecule has 0 bridgehead atoms. The molecule has 5 nitrogen and oxygen atoms in total. The Balaban J connectivity index is 1.81. The minimum atomic E-state index is -0.418. The monoisotopic (exact) mass is 451 g/mol. The SMILES string of the molecule is Cc1cccc(NC2=C(c3ccc(Cl)cc3Cl)C(=O)N(Cc3ccncc3)C2=O)c1C. The van der Waals surface area contributed by atoms with Gasteiger partial charge in [0, 0.05) is 28.7 Å². The van der Waals surface area contributed by atoms with Crippen LogP contribution in [0.5, 0.6) is 0 Å². The van der Waals surface area contributed by atoms with Gasteiger partial charge in [-0.05, 0) is 60.9 Å². The van der Waals surface area contributed by atoms with Crippen molar-refractivity contribution in [2.75, 3.05) is 5.32 Å². The third kappa shape index (κ3) is 4.07. The molecule has 2 aromatic carbocycles. The summed E-state index contributed by atoms with van der Waals surface area (Å²) in [7, 11) is 0. The number of carbonyl (C=O) groups excluding carboxylic acids is 2. The number of aromatic nitrogens is 1. The summed E-state index contributed by atoms with van der Waals surface area (Å²) in [6.45, 7) is 4.08. The van der Waals surface area contributed by atoms with Crippen LogP contribution >= 0.6 is 23.2 Å². The number of hydrogen-bond donors (Lipinski definition) is 1. The number of halogens is 2. The minimum Gasteiger partial charge on any atom is -0.350 e. The van der Waals surface area contributed by atoms with Gasteiger partial charge in [0.1, 0.15) is 5.70 Å². The Bertz CT molecular complexity index is 1220. The van der Waals surface area contributed by atoms with Crippen molar-refractivity contribution in [3.05, 3.63) is 98.9 Å². The van der Waals surface area contributed by atoms with E-state index in [1.807, 2.05) is 32.0 Å². The number of benzene rings is 2. The summed E-state index contributed by atoms with van der Waals surface area (Å²) in [6, 6.07) is 14.2. The summed E-state index contributed by atoms with van der Waals surface area (Å²) in [6.07, 6.45) is 3.25. The first-order valence-electron chi connectivity index (χ1n) is 9.65. The van der Waals surface area contributed by atoms with Crippen LogP contribution in [-0.4, -0.2) is 21.7 Å². The van der Waals surface area contributed by atoms with Crippen LogP contribution in [0.1, 0.15) is 22.3 Å². The topological polar surface area (TPSA) is 62.3 Å². The molecular weight excluding hydrogens is 433 g/mol. The van der Waals surface area contributed by atoms with Gasteiger partial charge >= 0.3 is 0 Å². The number of pyridine rings is 1. The molecule has 1 aliphatic heterocycles. The van der Waals surface area contributed by atoms with Crippen molar-refractivity contribution in [1.82, 2.24) is 9.88 Å².